The molecule has 0 aromatic heterocycles. The van der Waals surface area contributed by atoms with E-state index in [0.717, 1.165) is 11.1 Å². The highest BCUT2D eigenvalue weighted by atomic mass is 35.5. The molecule has 0 aliphatic carbocycles. The number of benzene rings is 1. The van der Waals surface area contributed by atoms with Gasteiger partial charge in [-0.2, -0.15) is 0 Å². The first-order valence-corrected chi connectivity index (χ1v) is 5.36. The Labute approximate surface area is 100 Å². The zero-order valence-corrected chi connectivity index (χ0v) is 10.4. The number of carbonyl (C=O) groups excluding carboxylic acids is 1. The van der Waals surface area contributed by atoms with E-state index in [1.807, 2.05) is 13.0 Å². The maximum Gasteiger partial charge on any atom is 0.305 e. The van der Waals surface area contributed by atoms with Crippen LogP contribution in [0.1, 0.15) is 17.5 Å². The van der Waals surface area contributed by atoms with Crippen LogP contribution < -0.4 is 4.74 Å². The number of aryl methyl sites for hydroxylation is 2. The lowest BCUT2D eigenvalue weighted by molar-refractivity contribution is -0.140. The largest absolute Gasteiger partial charge is 0.496 e. The molecule has 0 spiro atoms. The van der Waals surface area contributed by atoms with Gasteiger partial charge in [0.15, 0.2) is 0 Å². The molecular weight excluding hydrogens is 228 g/mol. The summed E-state index contributed by atoms with van der Waals surface area (Å²) in [4.78, 5) is 11.0. The first-order chi connectivity index (χ1) is 7.58. The molecular formula is C12H15ClO3. The lowest BCUT2D eigenvalue weighted by Crippen LogP contribution is -2.03. The fourth-order valence-electron chi connectivity index (χ4n) is 1.45. The number of halogens is 1. The Kier molecular flexibility index (Phi) is 4.62. The monoisotopic (exact) mass is 242 g/mol. The average molecular weight is 243 g/mol. The summed E-state index contributed by atoms with van der Waals surface area (Å²) in [6, 6.07) is 3.70. The third-order valence-electron chi connectivity index (χ3n) is 2.39. The van der Waals surface area contributed by atoms with Gasteiger partial charge in [-0.25, -0.2) is 0 Å². The quantitative estimate of drug-likeness (QED) is 0.762. The highest BCUT2D eigenvalue weighted by molar-refractivity contribution is 6.31. The minimum absolute atomic E-state index is 0.227. The Hall–Kier alpha value is -1.22. The van der Waals surface area contributed by atoms with Crippen molar-refractivity contribution in [2.45, 2.75) is 19.8 Å². The van der Waals surface area contributed by atoms with Crippen LogP contribution in [0.5, 0.6) is 5.75 Å². The molecule has 4 heteroatoms. The molecule has 1 rings (SSSR count). The molecule has 0 unspecified atom stereocenters. The summed E-state index contributed by atoms with van der Waals surface area (Å²) >= 11 is 5.98. The molecule has 1 aromatic carbocycles. The van der Waals surface area contributed by atoms with Crippen molar-refractivity contribution in [2.75, 3.05) is 14.2 Å². The van der Waals surface area contributed by atoms with Crippen molar-refractivity contribution in [3.8, 4) is 5.75 Å². The van der Waals surface area contributed by atoms with E-state index < -0.39 is 0 Å². The molecule has 0 heterocycles. The Morgan fingerprint density at radius 2 is 2.06 bits per heavy atom. The summed E-state index contributed by atoms with van der Waals surface area (Å²) in [5.41, 5.74) is 1.94. The SMILES string of the molecule is COC(=O)CCc1cc(C)c(Cl)cc1OC. The van der Waals surface area contributed by atoms with Gasteiger partial charge in [0.25, 0.3) is 0 Å². The molecule has 0 saturated heterocycles. The average Bonchev–Trinajstić information content (AvgIpc) is 2.29. The van der Waals surface area contributed by atoms with Gasteiger partial charge in [-0.15, -0.1) is 0 Å². The van der Waals surface area contributed by atoms with E-state index >= 15 is 0 Å². The van der Waals surface area contributed by atoms with E-state index in [-0.39, 0.29) is 5.97 Å². The van der Waals surface area contributed by atoms with Gasteiger partial charge < -0.3 is 9.47 Å². The third kappa shape index (κ3) is 3.14. The number of ether oxygens (including phenoxy) is 2. The van der Waals surface area contributed by atoms with Gasteiger partial charge in [-0.1, -0.05) is 17.7 Å². The highest BCUT2D eigenvalue weighted by Crippen LogP contribution is 2.27. The van der Waals surface area contributed by atoms with Gasteiger partial charge in [0.05, 0.1) is 14.2 Å². The molecule has 16 heavy (non-hydrogen) atoms. The lowest BCUT2D eigenvalue weighted by Gasteiger charge is -2.10. The van der Waals surface area contributed by atoms with E-state index in [1.54, 1.807) is 13.2 Å². The van der Waals surface area contributed by atoms with E-state index in [9.17, 15) is 4.79 Å². The van der Waals surface area contributed by atoms with Crippen LogP contribution in [0.15, 0.2) is 12.1 Å². The maximum absolute atomic E-state index is 11.0. The summed E-state index contributed by atoms with van der Waals surface area (Å²) in [7, 11) is 2.97. The molecule has 0 bridgehead atoms. The highest BCUT2D eigenvalue weighted by Gasteiger charge is 2.09. The standard InChI is InChI=1S/C12H15ClO3/c1-8-6-9(4-5-12(14)16-3)11(15-2)7-10(8)13/h6-7H,4-5H2,1-3H3. The van der Waals surface area contributed by atoms with Crippen LogP contribution in [0, 0.1) is 6.92 Å². The molecule has 88 valence electrons. The van der Waals surface area contributed by atoms with E-state index in [2.05, 4.69) is 4.74 Å². The molecule has 0 N–H and O–H groups in total. The van der Waals surface area contributed by atoms with Gasteiger partial charge in [-0.3, -0.25) is 4.79 Å². The fraction of sp³-hybridized carbons (Fsp3) is 0.417. The topological polar surface area (TPSA) is 35.5 Å². The molecule has 0 fully saturated rings. The number of carbonyl (C=O) groups is 1. The summed E-state index contributed by atoms with van der Waals surface area (Å²) < 4.78 is 9.80. The van der Waals surface area contributed by atoms with Crippen molar-refractivity contribution in [1.29, 1.82) is 0 Å². The molecule has 0 aliphatic heterocycles. The summed E-state index contributed by atoms with van der Waals surface area (Å²) in [5, 5.41) is 0.665. The van der Waals surface area contributed by atoms with Crippen molar-refractivity contribution >= 4 is 17.6 Å². The number of esters is 1. The smallest absolute Gasteiger partial charge is 0.305 e. The van der Waals surface area contributed by atoms with Crippen LogP contribution in [-0.2, 0) is 16.0 Å². The second-order valence-corrected chi connectivity index (χ2v) is 3.90. The Morgan fingerprint density at radius 1 is 1.38 bits per heavy atom. The van der Waals surface area contributed by atoms with Gasteiger partial charge in [-0.05, 0) is 30.5 Å². The number of hydrogen-bond donors (Lipinski definition) is 0. The Bertz CT molecular complexity index is 388. The second-order valence-electron chi connectivity index (χ2n) is 3.49. The van der Waals surface area contributed by atoms with Crippen molar-refractivity contribution in [1.82, 2.24) is 0 Å². The first-order valence-electron chi connectivity index (χ1n) is 4.98. The summed E-state index contributed by atoms with van der Waals surface area (Å²) in [6.45, 7) is 1.92. The Morgan fingerprint density at radius 3 is 2.62 bits per heavy atom. The van der Waals surface area contributed by atoms with Gasteiger partial charge in [0.2, 0.25) is 0 Å². The van der Waals surface area contributed by atoms with E-state index in [4.69, 9.17) is 16.3 Å². The van der Waals surface area contributed by atoms with Gasteiger partial charge in [0, 0.05) is 11.4 Å². The Balaban J connectivity index is 2.86. The second kappa shape index (κ2) is 5.75. The van der Waals surface area contributed by atoms with Crippen LogP contribution in [-0.4, -0.2) is 20.2 Å². The number of hydrogen-bond acceptors (Lipinski definition) is 3. The van der Waals surface area contributed by atoms with Crippen molar-refractivity contribution in [3.63, 3.8) is 0 Å². The molecule has 0 radical (unpaired) electrons. The molecule has 0 amide bonds. The zero-order valence-electron chi connectivity index (χ0n) is 9.67. The minimum Gasteiger partial charge on any atom is -0.496 e. The first kappa shape index (κ1) is 12.8. The van der Waals surface area contributed by atoms with Crippen molar-refractivity contribution in [3.05, 3.63) is 28.3 Å². The molecule has 1 aromatic rings. The zero-order chi connectivity index (χ0) is 12.1. The van der Waals surface area contributed by atoms with E-state index in [1.165, 1.54) is 7.11 Å². The predicted molar refractivity (Wildman–Crippen MR) is 63.1 cm³/mol. The molecule has 3 nitrogen and oxygen atoms in total. The minimum atomic E-state index is -0.227. The van der Waals surface area contributed by atoms with E-state index in [0.29, 0.717) is 23.6 Å². The molecule has 0 atom stereocenters. The van der Waals surface area contributed by atoms with Crippen molar-refractivity contribution in [2.24, 2.45) is 0 Å². The fourth-order valence-corrected chi connectivity index (χ4v) is 1.60. The molecule has 0 aliphatic rings. The number of rotatable bonds is 4. The normalized spacial score (nSPS) is 10.0. The maximum atomic E-state index is 11.0. The van der Waals surface area contributed by atoms with Gasteiger partial charge in [0.1, 0.15) is 5.75 Å². The predicted octanol–water partition coefficient (Wildman–Crippen LogP) is 2.76. The van der Waals surface area contributed by atoms with Crippen LogP contribution >= 0.6 is 11.6 Å². The van der Waals surface area contributed by atoms with Crippen LogP contribution in [0.2, 0.25) is 5.02 Å². The third-order valence-corrected chi connectivity index (χ3v) is 2.80. The van der Waals surface area contributed by atoms with Crippen LogP contribution in [0.3, 0.4) is 0 Å². The lowest BCUT2D eigenvalue weighted by atomic mass is 10.1. The summed E-state index contributed by atoms with van der Waals surface area (Å²) in [5.74, 6) is 0.481. The van der Waals surface area contributed by atoms with Gasteiger partial charge >= 0.3 is 5.97 Å². The number of methoxy groups -OCH3 is 2. The molecule has 0 saturated carbocycles. The van der Waals surface area contributed by atoms with Crippen LogP contribution in [0.25, 0.3) is 0 Å². The summed E-state index contributed by atoms with van der Waals surface area (Å²) in [6.07, 6.45) is 0.932. The van der Waals surface area contributed by atoms with Crippen molar-refractivity contribution < 1.29 is 14.3 Å². The van der Waals surface area contributed by atoms with Crippen LogP contribution in [0.4, 0.5) is 0 Å².